The van der Waals surface area contributed by atoms with Gasteiger partial charge in [-0.15, -0.1) is 6.58 Å². The highest BCUT2D eigenvalue weighted by molar-refractivity contribution is 5.24. The fourth-order valence-corrected chi connectivity index (χ4v) is 1.24. The molecular formula is C12H17N. The Labute approximate surface area is 80.3 Å². The zero-order valence-corrected chi connectivity index (χ0v) is 8.33. The lowest BCUT2D eigenvalue weighted by atomic mass is 9.95. The monoisotopic (exact) mass is 175 g/mol. The zero-order chi connectivity index (χ0) is 9.84. The van der Waals surface area contributed by atoms with Crippen LogP contribution in [0.4, 0.5) is 0 Å². The molecule has 13 heavy (non-hydrogen) atoms. The van der Waals surface area contributed by atoms with Crippen LogP contribution in [0.25, 0.3) is 0 Å². The first-order valence-electron chi connectivity index (χ1n) is 4.60. The van der Waals surface area contributed by atoms with E-state index in [1.807, 2.05) is 6.08 Å². The molecule has 1 nitrogen and oxygen atoms in total. The first-order valence-corrected chi connectivity index (χ1v) is 4.60. The zero-order valence-electron chi connectivity index (χ0n) is 8.33. The fourth-order valence-electron chi connectivity index (χ4n) is 1.24. The molecule has 70 valence electrons. The van der Waals surface area contributed by atoms with Gasteiger partial charge in [-0.25, -0.2) is 0 Å². The minimum atomic E-state index is 0.0677. The molecule has 0 aliphatic carbocycles. The van der Waals surface area contributed by atoms with Gasteiger partial charge in [0.05, 0.1) is 0 Å². The predicted molar refractivity (Wildman–Crippen MR) is 57.5 cm³/mol. The molecule has 0 fully saturated rings. The number of aryl methyl sites for hydroxylation is 1. The highest BCUT2D eigenvalue weighted by atomic mass is 14.6. The van der Waals surface area contributed by atoms with E-state index in [0.29, 0.717) is 5.92 Å². The highest BCUT2D eigenvalue weighted by Crippen LogP contribution is 2.19. The van der Waals surface area contributed by atoms with E-state index in [2.05, 4.69) is 44.7 Å². The summed E-state index contributed by atoms with van der Waals surface area (Å²) in [6.45, 7) is 7.90. The second kappa shape index (κ2) is 4.24. The molecule has 0 radical (unpaired) electrons. The van der Waals surface area contributed by atoms with E-state index in [1.54, 1.807) is 0 Å². The van der Waals surface area contributed by atoms with E-state index in [4.69, 9.17) is 5.73 Å². The summed E-state index contributed by atoms with van der Waals surface area (Å²) < 4.78 is 0. The summed E-state index contributed by atoms with van der Waals surface area (Å²) in [6.07, 6.45) is 1.89. The molecule has 2 N–H and O–H groups in total. The summed E-state index contributed by atoms with van der Waals surface area (Å²) in [5.74, 6) is 0.322. The van der Waals surface area contributed by atoms with Crippen LogP contribution in [0.15, 0.2) is 36.9 Å². The van der Waals surface area contributed by atoms with Crippen LogP contribution in [-0.2, 0) is 0 Å². The van der Waals surface area contributed by atoms with Crippen molar-refractivity contribution in [3.05, 3.63) is 48.0 Å². The third kappa shape index (κ3) is 2.43. The minimum Gasteiger partial charge on any atom is -0.323 e. The van der Waals surface area contributed by atoms with E-state index in [-0.39, 0.29) is 6.04 Å². The highest BCUT2D eigenvalue weighted by Gasteiger charge is 2.10. The van der Waals surface area contributed by atoms with Gasteiger partial charge in [-0.3, -0.25) is 0 Å². The van der Waals surface area contributed by atoms with E-state index in [0.717, 1.165) is 0 Å². The van der Waals surface area contributed by atoms with Crippen LogP contribution in [0.5, 0.6) is 0 Å². The Morgan fingerprint density at radius 2 is 1.85 bits per heavy atom. The number of nitrogens with two attached hydrogens (primary N) is 1. The van der Waals surface area contributed by atoms with Gasteiger partial charge in [0, 0.05) is 6.04 Å². The van der Waals surface area contributed by atoms with Gasteiger partial charge in [-0.05, 0) is 18.4 Å². The third-order valence-corrected chi connectivity index (χ3v) is 2.40. The van der Waals surface area contributed by atoms with Crippen LogP contribution in [0.1, 0.15) is 24.1 Å². The lowest BCUT2D eigenvalue weighted by Gasteiger charge is -2.16. The van der Waals surface area contributed by atoms with Crippen LogP contribution in [0.2, 0.25) is 0 Å². The molecule has 0 aromatic heterocycles. The Morgan fingerprint density at radius 3 is 2.31 bits per heavy atom. The summed E-state index contributed by atoms with van der Waals surface area (Å²) in [6, 6.07) is 8.41. The van der Waals surface area contributed by atoms with E-state index in [1.165, 1.54) is 11.1 Å². The van der Waals surface area contributed by atoms with Crippen molar-refractivity contribution in [2.75, 3.05) is 0 Å². The van der Waals surface area contributed by atoms with Crippen molar-refractivity contribution in [3.8, 4) is 0 Å². The first kappa shape index (κ1) is 10.0. The number of benzene rings is 1. The second-order valence-electron chi connectivity index (χ2n) is 3.53. The maximum absolute atomic E-state index is 6.03. The fraction of sp³-hybridized carbons (Fsp3) is 0.333. The molecule has 1 aromatic rings. The van der Waals surface area contributed by atoms with Gasteiger partial charge in [0.25, 0.3) is 0 Å². The van der Waals surface area contributed by atoms with Crippen molar-refractivity contribution in [2.24, 2.45) is 11.7 Å². The van der Waals surface area contributed by atoms with Crippen molar-refractivity contribution in [1.29, 1.82) is 0 Å². The molecule has 0 saturated heterocycles. The molecule has 1 heteroatoms. The molecule has 1 rings (SSSR count). The normalized spacial score (nSPS) is 15.0. The van der Waals surface area contributed by atoms with Gasteiger partial charge in [-0.2, -0.15) is 0 Å². The number of hydrogen-bond acceptors (Lipinski definition) is 1. The topological polar surface area (TPSA) is 26.0 Å². The maximum Gasteiger partial charge on any atom is 0.0355 e. The van der Waals surface area contributed by atoms with Gasteiger partial charge in [-0.1, -0.05) is 42.8 Å². The van der Waals surface area contributed by atoms with Crippen LogP contribution in [-0.4, -0.2) is 0 Å². The Hall–Kier alpha value is -1.08. The Balaban J connectivity index is 2.82. The molecule has 0 unspecified atom stereocenters. The number of rotatable bonds is 3. The number of hydrogen-bond donors (Lipinski definition) is 1. The summed E-state index contributed by atoms with van der Waals surface area (Å²) in [7, 11) is 0. The van der Waals surface area contributed by atoms with Crippen LogP contribution >= 0.6 is 0 Å². The Bertz CT molecular complexity index is 274. The molecule has 0 heterocycles. The summed E-state index contributed by atoms with van der Waals surface area (Å²) in [5.41, 5.74) is 8.47. The van der Waals surface area contributed by atoms with Crippen LogP contribution in [0, 0.1) is 12.8 Å². The van der Waals surface area contributed by atoms with Crippen molar-refractivity contribution >= 4 is 0 Å². The molecule has 0 amide bonds. The molecule has 2 atom stereocenters. The maximum atomic E-state index is 6.03. The largest absolute Gasteiger partial charge is 0.323 e. The van der Waals surface area contributed by atoms with Crippen molar-refractivity contribution in [1.82, 2.24) is 0 Å². The Kier molecular flexibility index (Phi) is 3.26. The van der Waals surface area contributed by atoms with Gasteiger partial charge >= 0.3 is 0 Å². The van der Waals surface area contributed by atoms with E-state index in [9.17, 15) is 0 Å². The summed E-state index contributed by atoms with van der Waals surface area (Å²) in [5, 5.41) is 0. The van der Waals surface area contributed by atoms with E-state index < -0.39 is 0 Å². The SMILES string of the molecule is C=C[C@@H](C)[C@H](N)c1ccc(C)cc1. The molecule has 0 aliphatic heterocycles. The average molecular weight is 175 g/mol. The van der Waals surface area contributed by atoms with Crippen LogP contribution < -0.4 is 5.73 Å². The summed E-state index contributed by atoms with van der Waals surface area (Å²) >= 11 is 0. The van der Waals surface area contributed by atoms with E-state index >= 15 is 0 Å². The standard InChI is InChI=1S/C12H17N/c1-4-10(3)12(13)11-7-5-9(2)6-8-11/h4-8,10,12H,1,13H2,2-3H3/t10-,12+/m1/s1. The molecule has 0 saturated carbocycles. The summed E-state index contributed by atoms with van der Waals surface area (Å²) in [4.78, 5) is 0. The van der Waals surface area contributed by atoms with Crippen molar-refractivity contribution in [2.45, 2.75) is 19.9 Å². The molecule has 0 aliphatic rings. The Morgan fingerprint density at radius 1 is 1.31 bits per heavy atom. The van der Waals surface area contributed by atoms with Gasteiger partial charge in [0.2, 0.25) is 0 Å². The van der Waals surface area contributed by atoms with Gasteiger partial charge < -0.3 is 5.73 Å². The smallest absolute Gasteiger partial charge is 0.0355 e. The van der Waals surface area contributed by atoms with Gasteiger partial charge in [0.1, 0.15) is 0 Å². The van der Waals surface area contributed by atoms with Gasteiger partial charge in [0.15, 0.2) is 0 Å². The minimum absolute atomic E-state index is 0.0677. The molecule has 0 bridgehead atoms. The van der Waals surface area contributed by atoms with Crippen molar-refractivity contribution < 1.29 is 0 Å². The van der Waals surface area contributed by atoms with Crippen molar-refractivity contribution in [3.63, 3.8) is 0 Å². The molecular weight excluding hydrogens is 158 g/mol. The lowest BCUT2D eigenvalue weighted by molar-refractivity contribution is 0.568. The molecule has 1 aromatic carbocycles. The molecule has 0 spiro atoms. The third-order valence-electron chi connectivity index (χ3n) is 2.40. The predicted octanol–water partition coefficient (Wildman–Crippen LogP) is 2.82. The average Bonchev–Trinajstić information content (AvgIpc) is 2.17. The quantitative estimate of drug-likeness (QED) is 0.702. The second-order valence-corrected chi connectivity index (χ2v) is 3.53. The lowest BCUT2D eigenvalue weighted by Crippen LogP contribution is -2.17. The van der Waals surface area contributed by atoms with Crippen LogP contribution in [0.3, 0.4) is 0 Å². The first-order chi connectivity index (χ1) is 6.15.